The molecule has 4 rings (SSSR count). The molecule has 9 heteroatoms. The maximum absolute atomic E-state index is 14.7. The predicted octanol–water partition coefficient (Wildman–Crippen LogP) is 5.31. The van der Waals surface area contributed by atoms with E-state index in [9.17, 15) is 18.0 Å². The highest BCUT2D eigenvalue weighted by Crippen LogP contribution is 2.33. The summed E-state index contributed by atoms with van der Waals surface area (Å²) in [6.07, 6.45) is 0.594. The number of alkyl halides is 2. The van der Waals surface area contributed by atoms with Crippen LogP contribution < -0.4 is 5.32 Å². The van der Waals surface area contributed by atoms with Crippen LogP contribution in [0, 0.1) is 12.7 Å². The zero-order chi connectivity index (χ0) is 23.7. The molecular weight excluding hydrogens is 431 g/mol. The summed E-state index contributed by atoms with van der Waals surface area (Å²) < 4.78 is 40.9. The highest BCUT2D eigenvalue weighted by Gasteiger charge is 2.24. The minimum Gasteiger partial charge on any atom is -0.363 e. The van der Waals surface area contributed by atoms with Crippen molar-refractivity contribution in [3.05, 3.63) is 58.8 Å². The Labute approximate surface area is 190 Å². The highest BCUT2D eigenvalue weighted by molar-refractivity contribution is 5.87. The Morgan fingerprint density at radius 3 is 2.55 bits per heavy atom. The summed E-state index contributed by atoms with van der Waals surface area (Å²) >= 11 is 0. The minimum absolute atomic E-state index is 0.0811. The van der Waals surface area contributed by atoms with Crippen LogP contribution >= 0.6 is 0 Å². The van der Waals surface area contributed by atoms with Gasteiger partial charge in [0.2, 0.25) is 5.91 Å². The number of carbonyl (C=O) groups is 1. The van der Waals surface area contributed by atoms with Gasteiger partial charge >= 0.3 is 0 Å². The molecule has 0 radical (unpaired) electrons. The molecule has 174 valence electrons. The second-order valence-corrected chi connectivity index (χ2v) is 8.46. The Kier molecular flexibility index (Phi) is 6.49. The monoisotopic (exact) mass is 457 g/mol. The van der Waals surface area contributed by atoms with Crippen LogP contribution in [0.4, 0.5) is 19.0 Å². The van der Waals surface area contributed by atoms with Gasteiger partial charge in [0.25, 0.3) is 6.43 Å². The Morgan fingerprint density at radius 1 is 1.18 bits per heavy atom. The summed E-state index contributed by atoms with van der Waals surface area (Å²) in [6, 6.07) is 5.38. The van der Waals surface area contributed by atoms with E-state index < -0.39 is 23.8 Å². The molecule has 1 fully saturated rings. The second-order valence-electron chi connectivity index (χ2n) is 8.46. The summed E-state index contributed by atoms with van der Waals surface area (Å²) in [7, 11) is 0. The number of benzene rings is 1. The van der Waals surface area contributed by atoms with Crippen molar-refractivity contribution in [1.82, 2.24) is 19.9 Å². The SMILES string of the molecule is CC(=O)N1CCC(c2cnc3nc(C)nc(NC(C)c4cccc(C(F)F)c4F)c3c2)CC1. The molecule has 1 aromatic carbocycles. The van der Waals surface area contributed by atoms with Crippen LogP contribution in [0.15, 0.2) is 30.5 Å². The lowest BCUT2D eigenvalue weighted by atomic mass is 9.90. The van der Waals surface area contributed by atoms with Gasteiger partial charge in [0, 0.05) is 31.8 Å². The van der Waals surface area contributed by atoms with E-state index in [0.29, 0.717) is 35.8 Å². The van der Waals surface area contributed by atoms with E-state index in [0.717, 1.165) is 24.5 Å². The smallest absolute Gasteiger partial charge is 0.266 e. The third-order valence-corrected chi connectivity index (χ3v) is 6.21. The maximum atomic E-state index is 14.7. The lowest BCUT2D eigenvalue weighted by Crippen LogP contribution is -2.36. The number of rotatable bonds is 5. The van der Waals surface area contributed by atoms with E-state index in [-0.39, 0.29) is 17.4 Å². The lowest BCUT2D eigenvalue weighted by molar-refractivity contribution is -0.129. The van der Waals surface area contributed by atoms with Crippen LogP contribution in [0.1, 0.15) is 67.6 Å². The van der Waals surface area contributed by atoms with E-state index in [1.54, 1.807) is 20.8 Å². The molecule has 1 unspecified atom stereocenters. The van der Waals surface area contributed by atoms with Gasteiger partial charge in [-0.2, -0.15) is 0 Å². The first-order valence-electron chi connectivity index (χ1n) is 11.0. The quantitative estimate of drug-likeness (QED) is 0.562. The van der Waals surface area contributed by atoms with Crippen molar-refractivity contribution in [2.24, 2.45) is 0 Å². The van der Waals surface area contributed by atoms with Crippen molar-refractivity contribution in [3.63, 3.8) is 0 Å². The third-order valence-electron chi connectivity index (χ3n) is 6.21. The average Bonchev–Trinajstić information content (AvgIpc) is 2.78. The number of likely N-dealkylation sites (tertiary alicyclic amines) is 1. The molecule has 0 spiro atoms. The van der Waals surface area contributed by atoms with Gasteiger partial charge in [-0.25, -0.2) is 28.1 Å². The second kappa shape index (κ2) is 9.33. The van der Waals surface area contributed by atoms with Crippen LogP contribution in [-0.4, -0.2) is 38.8 Å². The summed E-state index contributed by atoms with van der Waals surface area (Å²) in [5, 5.41) is 3.86. The first kappa shape index (κ1) is 22.9. The van der Waals surface area contributed by atoms with Crippen molar-refractivity contribution in [3.8, 4) is 0 Å². The van der Waals surface area contributed by atoms with Crippen molar-refractivity contribution in [2.75, 3.05) is 18.4 Å². The van der Waals surface area contributed by atoms with Crippen molar-refractivity contribution >= 4 is 22.8 Å². The lowest BCUT2D eigenvalue weighted by Gasteiger charge is -2.31. The van der Waals surface area contributed by atoms with E-state index in [1.165, 1.54) is 12.1 Å². The number of anilines is 1. The number of piperidine rings is 1. The largest absolute Gasteiger partial charge is 0.363 e. The van der Waals surface area contributed by atoms with Crippen LogP contribution in [0.5, 0.6) is 0 Å². The molecule has 1 aliphatic heterocycles. The number of nitrogens with one attached hydrogen (secondary N) is 1. The molecule has 0 bridgehead atoms. The summed E-state index contributed by atoms with van der Waals surface area (Å²) in [5.41, 5.74) is 1.05. The number of carbonyl (C=O) groups excluding carboxylic acids is 1. The number of aromatic nitrogens is 3. The average molecular weight is 458 g/mol. The van der Waals surface area contributed by atoms with Gasteiger partial charge in [0.1, 0.15) is 17.5 Å². The molecule has 1 saturated heterocycles. The molecule has 1 aliphatic rings. The van der Waals surface area contributed by atoms with Gasteiger partial charge in [-0.05, 0) is 44.2 Å². The van der Waals surface area contributed by atoms with Gasteiger partial charge in [-0.15, -0.1) is 0 Å². The van der Waals surface area contributed by atoms with Crippen molar-refractivity contribution in [2.45, 2.75) is 52.0 Å². The molecule has 1 atom stereocenters. The number of halogens is 3. The number of hydrogen-bond acceptors (Lipinski definition) is 5. The van der Waals surface area contributed by atoms with Crippen molar-refractivity contribution in [1.29, 1.82) is 0 Å². The van der Waals surface area contributed by atoms with Crippen LogP contribution in [0.25, 0.3) is 11.0 Å². The summed E-state index contributed by atoms with van der Waals surface area (Å²) in [6.45, 7) is 6.41. The molecule has 2 aromatic heterocycles. The van der Waals surface area contributed by atoms with Crippen LogP contribution in [-0.2, 0) is 4.79 Å². The van der Waals surface area contributed by atoms with Crippen LogP contribution in [0.2, 0.25) is 0 Å². The van der Waals surface area contributed by atoms with Crippen LogP contribution in [0.3, 0.4) is 0 Å². The van der Waals surface area contributed by atoms with E-state index in [4.69, 9.17) is 0 Å². The van der Waals surface area contributed by atoms with E-state index in [1.807, 2.05) is 17.2 Å². The molecule has 0 saturated carbocycles. The first-order valence-corrected chi connectivity index (χ1v) is 11.0. The Hall–Kier alpha value is -3.23. The molecular formula is C24H26F3N5O. The third kappa shape index (κ3) is 4.77. The topological polar surface area (TPSA) is 71.0 Å². The van der Waals surface area contributed by atoms with E-state index >= 15 is 0 Å². The fourth-order valence-corrected chi connectivity index (χ4v) is 4.35. The van der Waals surface area contributed by atoms with Gasteiger partial charge in [0.15, 0.2) is 5.65 Å². The number of amides is 1. The summed E-state index contributed by atoms with van der Waals surface area (Å²) in [4.78, 5) is 26.9. The zero-order valence-electron chi connectivity index (χ0n) is 18.8. The molecule has 6 nitrogen and oxygen atoms in total. The van der Waals surface area contributed by atoms with E-state index in [2.05, 4.69) is 20.3 Å². The Morgan fingerprint density at radius 2 is 1.88 bits per heavy atom. The molecule has 1 amide bonds. The number of hydrogen-bond donors (Lipinski definition) is 1. The maximum Gasteiger partial charge on any atom is 0.266 e. The Bertz CT molecular complexity index is 1180. The number of fused-ring (bicyclic) bond motifs is 1. The zero-order valence-corrected chi connectivity index (χ0v) is 18.8. The fourth-order valence-electron chi connectivity index (χ4n) is 4.35. The van der Waals surface area contributed by atoms with Crippen molar-refractivity contribution < 1.29 is 18.0 Å². The molecule has 3 heterocycles. The van der Waals surface area contributed by atoms with Gasteiger partial charge < -0.3 is 10.2 Å². The van der Waals surface area contributed by atoms with Gasteiger partial charge in [-0.1, -0.05) is 18.2 Å². The fraction of sp³-hybridized carbons (Fsp3) is 0.417. The number of pyridine rings is 1. The summed E-state index contributed by atoms with van der Waals surface area (Å²) in [5.74, 6) is 0.386. The predicted molar refractivity (Wildman–Crippen MR) is 120 cm³/mol. The van der Waals surface area contributed by atoms with Gasteiger partial charge in [-0.3, -0.25) is 4.79 Å². The normalized spacial score (nSPS) is 15.8. The number of aryl methyl sites for hydroxylation is 1. The number of nitrogens with zero attached hydrogens (tertiary/aromatic N) is 4. The highest BCUT2D eigenvalue weighted by atomic mass is 19.3. The molecule has 0 aliphatic carbocycles. The Balaban J connectivity index is 1.64. The molecule has 1 N–H and O–H groups in total. The molecule has 33 heavy (non-hydrogen) atoms. The minimum atomic E-state index is -2.89. The van der Waals surface area contributed by atoms with Gasteiger partial charge in [0.05, 0.1) is 17.0 Å². The first-order chi connectivity index (χ1) is 15.7. The molecule has 3 aromatic rings. The standard InChI is InChI=1S/C24H26F3N5O/c1-13(18-5-4-6-19(21(18)25)22(26)27)29-24-20-11-17(12-28-23(20)30-14(2)31-24)16-7-9-32(10-8-16)15(3)33/h4-6,11-13,16,22H,7-10H2,1-3H3,(H,28,29,30,31).